The van der Waals surface area contributed by atoms with Gasteiger partial charge in [-0.3, -0.25) is 4.90 Å². The zero-order valence-electron chi connectivity index (χ0n) is 14.7. The van der Waals surface area contributed by atoms with Crippen molar-refractivity contribution in [3.8, 4) is 6.07 Å². The largest absolute Gasteiger partial charge is 0.389 e. The lowest BCUT2D eigenvalue weighted by Crippen LogP contribution is -2.41. The maximum Gasteiger partial charge on any atom is 0.0900 e. The number of nitriles is 1. The summed E-state index contributed by atoms with van der Waals surface area (Å²) in [5, 5.41) is 20.1. The molecule has 0 spiro atoms. The van der Waals surface area contributed by atoms with Gasteiger partial charge in [-0.1, -0.05) is 30.3 Å². The molecule has 3 atom stereocenters. The van der Waals surface area contributed by atoms with Crippen molar-refractivity contribution < 1.29 is 14.6 Å². The number of aliphatic hydroxyl groups excluding tert-OH is 1. The molecule has 1 N–H and O–H groups in total. The smallest absolute Gasteiger partial charge is 0.0900 e. The van der Waals surface area contributed by atoms with Crippen molar-refractivity contribution in [2.75, 3.05) is 32.9 Å². The van der Waals surface area contributed by atoms with E-state index in [0.717, 1.165) is 51.0 Å². The molecule has 2 aliphatic heterocycles. The molecule has 0 radical (unpaired) electrons. The van der Waals surface area contributed by atoms with Gasteiger partial charge in [-0.15, -0.1) is 0 Å². The Balaban J connectivity index is 1.53. The minimum Gasteiger partial charge on any atom is -0.389 e. The Bertz CT molecular complexity index is 554. The van der Waals surface area contributed by atoms with E-state index in [4.69, 9.17) is 9.47 Å². The molecule has 2 heterocycles. The van der Waals surface area contributed by atoms with Crippen LogP contribution in [0.2, 0.25) is 0 Å². The fraction of sp³-hybridized carbons (Fsp3) is 0.650. The van der Waals surface area contributed by atoms with Crippen LogP contribution in [0.3, 0.4) is 0 Å². The second kappa shape index (κ2) is 9.30. The Kier molecular flexibility index (Phi) is 6.83. The maximum atomic E-state index is 10.4. The number of β-amino-alcohol motifs (C(OH)–C–C–N with tert-alkyl or cyclic N) is 1. The predicted octanol–water partition coefficient (Wildman–Crippen LogP) is 2.31. The third-order valence-corrected chi connectivity index (χ3v) is 5.23. The quantitative estimate of drug-likeness (QED) is 0.822. The van der Waals surface area contributed by atoms with Crippen LogP contribution in [0.25, 0.3) is 0 Å². The molecular formula is C20H28N2O3. The minimum absolute atomic E-state index is 0.146. The maximum absolute atomic E-state index is 10.4. The summed E-state index contributed by atoms with van der Waals surface area (Å²) in [7, 11) is 0. The minimum atomic E-state index is -0.515. The Hall–Kier alpha value is -1.45. The lowest BCUT2D eigenvalue weighted by molar-refractivity contribution is -0.0648. The highest BCUT2D eigenvalue weighted by molar-refractivity contribution is 5.27. The summed E-state index contributed by atoms with van der Waals surface area (Å²) in [4.78, 5) is 2.26. The summed E-state index contributed by atoms with van der Waals surface area (Å²) in [6, 6.07) is 12.6. The first-order valence-corrected chi connectivity index (χ1v) is 9.34. The standard InChI is InChI=1S/C20H28N2O3/c21-13-19(16-5-2-1-3-6-16)20-7-4-10-22(20)14-17(23)15-25-18-8-11-24-12-9-18/h1-3,5-6,17-20,23H,4,7-12,14-15H2. The number of nitrogens with zero attached hydrogens (tertiary/aromatic N) is 2. The number of hydrogen-bond donors (Lipinski definition) is 1. The van der Waals surface area contributed by atoms with Gasteiger partial charge in [-0.2, -0.15) is 5.26 Å². The van der Waals surface area contributed by atoms with Crippen LogP contribution >= 0.6 is 0 Å². The summed E-state index contributed by atoms with van der Waals surface area (Å²) in [5.74, 6) is -0.146. The van der Waals surface area contributed by atoms with Crippen LogP contribution in [0, 0.1) is 11.3 Å². The van der Waals surface area contributed by atoms with E-state index in [1.54, 1.807) is 0 Å². The average molecular weight is 344 g/mol. The first kappa shape index (κ1) is 18.3. The molecule has 3 rings (SSSR count). The van der Waals surface area contributed by atoms with Crippen molar-refractivity contribution in [1.29, 1.82) is 5.26 Å². The van der Waals surface area contributed by atoms with E-state index >= 15 is 0 Å². The third kappa shape index (κ3) is 5.02. The number of ether oxygens (including phenoxy) is 2. The van der Waals surface area contributed by atoms with Gasteiger partial charge in [0.25, 0.3) is 0 Å². The van der Waals surface area contributed by atoms with E-state index in [1.807, 2.05) is 30.3 Å². The van der Waals surface area contributed by atoms with Crippen LogP contribution in [0.1, 0.15) is 37.2 Å². The highest BCUT2D eigenvalue weighted by Crippen LogP contribution is 2.31. The van der Waals surface area contributed by atoms with Crippen molar-refractivity contribution in [3.05, 3.63) is 35.9 Å². The molecule has 1 aromatic rings. The molecule has 2 aliphatic rings. The molecular weight excluding hydrogens is 316 g/mol. The number of likely N-dealkylation sites (tertiary alicyclic amines) is 1. The highest BCUT2D eigenvalue weighted by Gasteiger charge is 2.33. The number of hydrogen-bond acceptors (Lipinski definition) is 5. The SMILES string of the molecule is N#CC(c1ccccc1)C1CCCN1CC(O)COC1CCOCC1. The van der Waals surface area contributed by atoms with Gasteiger partial charge in [0.2, 0.25) is 0 Å². The second-order valence-electron chi connectivity index (χ2n) is 7.02. The predicted molar refractivity (Wildman–Crippen MR) is 95.2 cm³/mol. The molecule has 0 amide bonds. The van der Waals surface area contributed by atoms with Crippen LogP contribution in [-0.2, 0) is 9.47 Å². The average Bonchev–Trinajstić information content (AvgIpc) is 3.10. The van der Waals surface area contributed by atoms with Gasteiger partial charge in [0, 0.05) is 25.8 Å². The molecule has 5 nitrogen and oxygen atoms in total. The summed E-state index contributed by atoms with van der Waals surface area (Å²) >= 11 is 0. The number of rotatable bonds is 7. The molecule has 136 valence electrons. The van der Waals surface area contributed by atoms with E-state index in [-0.39, 0.29) is 18.1 Å². The van der Waals surface area contributed by atoms with Crippen LogP contribution < -0.4 is 0 Å². The van der Waals surface area contributed by atoms with Crippen LogP contribution in [0.4, 0.5) is 0 Å². The van der Waals surface area contributed by atoms with Crippen molar-refractivity contribution in [2.45, 2.75) is 49.9 Å². The van der Waals surface area contributed by atoms with Crippen molar-refractivity contribution in [2.24, 2.45) is 0 Å². The number of aliphatic hydroxyl groups is 1. The van der Waals surface area contributed by atoms with Gasteiger partial charge < -0.3 is 14.6 Å². The van der Waals surface area contributed by atoms with Gasteiger partial charge >= 0.3 is 0 Å². The van der Waals surface area contributed by atoms with Gasteiger partial charge in [0.15, 0.2) is 0 Å². The Morgan fingerprint density at radius 2 is 2.00 bits per heavy atom. The first-order chi connectivity index (χ1) is 12.3. The molecule has 1 aromatic carbocycles. The number of benzene rings is 1. The molecule has 0 aliphatic carbocycles. The van der Waals surface area contributed by atoms with E-state index < -0.39 is 6.10 Å². The van der Waals surface area contributed by atoms with E-state index in [2.05, 4.69) is 11.0 Å². The van der Waals surface area contributed by atoms with Gasteiger partial charge in [-0.25, -0.2) is 0 Å². The van der Waals surface area contributed by atoms with Crippen molar-refractivity contribution in [3.63, 3.8) is 0 Å². The summed E-state index contributed by atoms with van der Waals surface area (Å²) in [5.41, 5.74) is 1.06. The molecule has 25 heavy (non-hydrogen) atoms. The highest BCUT2D eigenvalue weighted by atomic mass is 16.5. The van der Waals surface area contributed by atoms with Gasteiger partial charge in [0.1, 0.15) is 0 Å². The van der Waals surface area contributed by atoms with Crippen LogP contribution in [0.5, 0.6) is 0 Å². The monoisotopic (exact) mass is 344 g/mol. The Labute approximate surface area is 150 Å². The fourth-order valence-corrected chi connectivity index (χ4v) is 3.91. The molecule has 5 heteroatoms. The topological polar surface area (TPSA) is 65.7 Å². The van der Waals surface area contributed by atoms with E-state index in [0.29, 0.717) is 13.2 Å². The van der Waals surface area contributed by atoms with Crippen molar-refractivity contribution in [1.82, 2.24) is 4.90 Å². The molecule has 0 aromatic heterocycles. The van der Waals surface area contributed by atoms with Gasteiger partial charge in [-0.05, 0) is 37.8 Å². The second-order valence-corrected chi connectivity index (χ2v) is 7.02. The van der Waals surface area contributed by atoms with Crippen LogP contribution in [-0.4, -0.2) is 61.2 Å². The molecule has 2 fully saturated rings. The summed E-state index contributed by atoms with van der Waals surface area (Å²) < 4.78 is 11.2. The Morgan fingerprint density at radius 3 is 2.72 bits per heavy atom. The fourth-order valence-electron chi connectivity index (χ4n) is 3.91. The normalized spacial score (nSPS) is 24.7. The lowest BCUT2D eigenvalue weighted by Gasteiger charge is -2.30. The van der Waals surface area contributed by atoms with Gasteiger partial charge in [0.05, 0.1) is 30.8 Å². The van der Waals surface area contributed by atoms with Crippen LogP contribution in [0.15, 0.2) is 30.3 Å². The molecule has 0 saturated carbocycles. The van der Waals surface area contributed by atoms with E-state index in [9.17, 15) is 10.4 Å². The zero-order valence-corrected chi connectivity index (χ0v) is 14.7. The summed E-state index contributed by atoms with van der Waals surface area (Å²) in [6.45, 7) is 3.35. The van der Waals surface area contributed by atoms with E-state index in [1.165, 1.54) is 0 Å². The molecule has 3 unspecified atom stereocenters. The molecule has 2 saturated heterocycles. The third-order valence-electron chi connectivity index (χ3n) is 5.23. The lowest BCUT2D eigenvalue weighted by atomic mass is 9.91. The first-order valence-electron chi connectivity index (χ1n) is 9.34. The molecule has 0 bridgehead atoms. The van der Waals surface area contributed by atoms with Crippen molar-refractivity contribution >= 4 is 0 Å². The Morgan fingerprint density at radius 1 is 1.24 bits per heavy atom. The zero-order chi connectivity index (χ0) is 17.5. The summed E-state index contributed by atoms with van der Waals surface area (Å²) in [6.07, 6.45) is 3.57.